The number of nitrogens with one attached hydrogen (secondary N) is 1. The van der Waals surface area contributed by atoms with Crippen LogP contribution in [-0.4, -0.2) is 61.3 Å². The molecular weight excluding hydrogens is 416 g/mol. The Morgan fingerprint density at radius 1 is 1.06 bits per heavy atom. The molecule has 0 unspecified atom stereocenters. The fourth-order valence-corrected chi connectivity index (χ4v) is 4.22. The third kappa shape index (κ3) is 4.51. The largest absolute Gasteiger partial charge is 0.506 e. The average molecular weight is 441 g/mol. The molecule has 9 heteroatoms. The summed E-state index contributed by atoms with van der Waals surface area (Å²) >= 11 is 1.37. The smallest absolute Gasteiger partial charge is 0.273 e. The minimum absolute atomic E-state index is 0.0893. The number of hydrogen-bond donors (Lipinski definition) is 2. The van der Waals surface area contributed by atoms with Crippen molar-refractivity contribution in [3.8, 4) is 17.2 Å². The number of thiazole rings is 1. The first kappa shape index (κ1) is 20.8. The van der Waals surface area contributed by atoms with E-state index in [0.29, 0.717) is 48.5 Å². The number of ether oxygens (including phenoxy) is 2. The van der Waals surface area contributed by atoms with E-state index < -0.39 is 0 Å². The van der Waals surface area contributed by atoms with Gasteiger partial charge in [-0.05, 0) is 24.3 Å². The van der Waals surface area contributed by atoms with Gasteiger partial charge in [-0.2, -0.15) is 0 Å². The highest BCUT2D eigenvalue weighted by Crippen LogP contribution is 2.32. The van der Waals surface area contributed by atoms with Crippen molar-refractivity contribution in [2.75, 3.05) is 50.6 Å². The zero-order valence-corrected chi connectivity index (χ0v) is 18.2. The zero-order valence-electron chi connectivity index (χ0n) is 17.4. The molecule has 1 amide bonds. The summed E-state index contributed by atoms with van der Waals surface area (Å²) in [6.45, 7) is 2.46. The van der Waals surface area contributed by atoms with Gasteiger partial charge < -0.3 is 29.7 Å². The number of piperazine rings is 1. The highest BCUT2D eigenvalue weighted by atomic mass is 32.1. The number of aromatic hydroxyl groups is 1. The van der Waals surface area contributed by atoms with Crippen LogP contribution >= 0.6 is 11.3 Å². The van der Waals surface area contributed by atoms with Crippen LogP contribution in [0.3, 0.4) is 0 Å². The second-order valence-corrected chi connectivity index (χ2v) is 7.86. The fourth-order valence-electron chi connectivity index (χ4n) is 3.51. The molecule has 1 aliphatic heterocycles. The number of nitrogens with zero attached hydrogens (tertiary/aromatic N) is 3. The van der Waals surface area contributed by atoms with Gasteiger partial charge >= 0.3 is 0 Å². The Morgan fingerprint density at radius 2 is 1.81 bits per heavy atom. The van der Waals surface area contributed by atoms with Crippen LogP contribution < -0.4 is 19.7 Å². The third-order valence-electron chi connectivity index (χ3n) is 5.15. The lowest BCUT2D eigenvalue weighted by Crippen LogP contribution is -2.48. The van der Waals surface area contributed by atoms with Crippen molar-refractivity contribution in [1.82, 2.24) is 9.88 Å². The van der Waals surface area contributed by atoms with E-state index in [9.17, 15) is 9.90 Å². The van der Waals surface area contributed by atoms with Gasteiger partial charge in [0, 0.05) is 43.3 Å². The highest BCUT2D eigenvalue weighted by Gasteiger charge is 2.25. The molecule has 0 bridgehead atoms. The van der Waals surface area contributed by atoms with E-state index in [1.165, 1.54) is 11.3 Å². The van der Waals surface area contributed by atoms with E-state index in [1.807, 2.05) is 30.3 Å². The Hall–Kier alpha value is -3.46. The van der Waals surface area contributed by atoms with Crippen LogP contribution in [-0.2, 0) is 0 Å². The van der Waals surface area contributed by atoms with E-state index in [0.717, 1.165) is 11.4 Å². The summed E-state index contributed by atoms with van der Waals surface area (Å²) in [5, 5.41) is 15.7. The molecule has 1 aliphatic rings. The summed E-state index contributed by atoms with van der Waals surface area (Å²) in [4.78, 5) is 21.2. The Bertz CT molecular complexity index is 1060. The average Bonchev–Trinajstić information content (AvgIpc) is 3.27. The van der Waals surface area contributed by atoms with Crippen LogP contribution in [0.5, 0.6) is 17.2 Å². The minimum Gasteiger partial charge on any atom is -0.506 e. The minimum atomic E-state index is -0.0893. The molecule has 0 radical (unpaired) electrons. The molecule has 8 nitrogen and oxygen atoms in total. The molecule has 3 aromatic rings. The zero-order chi connectivity index (χ0) is 21.8. The molecule has 1 saturated heterocycles. The molecule has 4 rings (SSSR count). The molecule has 1 aromatic heterocycles. The predicted molar refractivity (Wildman–Crippen MR) is 121 cm³/mol. The van der Waals surface area contributed by atoms with Crippen molar-refractivity contribution in [3.63, 3.8) is 0 Å². The fraction of sp³-hybridized carbons (Fsp3) is 0.273. The topological polar surface area (TPSA) is 87.2 Å². The predicted octanol–water partition coefficient (Wildman–Crippen LogP) is 3.57. The summed E-state index contributed by atoms with van der Waals surface area (Å²) < 4.78 is 10.6. The number of phenols is 1. The summed E-state index contributed by atoms with van der Waals surface area (Å²) in [5.74, 6) is 1.43. The number of phenolic OH excluding ortho intramolecular Hbond substituents is 1. The molecule has 0 atom stereocenters. The van der Waals surface area contributed by atoms with Crippen molar-refractivity contribution in [3.05, 3.63) is 53.5 Å². The van der Waals surface area contributed by atoms with Gasteiger partial charge in [-0.25, -0.2) is 4.98 Å². The Balaban J connectivity index is 1.38. The number of carbonyl (C=O) groups is 1. The maximum atomic E-state index is 12.9. The van der Waals surface area contributed by atoms with Crippen LogP contribution in [0, 0.1) is 0 Å². The SMILES string of the molecule is COc1ccc(Nc2nc(C(=O)N3CCN(c4ccccc4O)CC3)cs2)cc1OC. The molecule has 1 fully saturated rings. The van der Waals surface area contributed by atoms with Gasteiger partial charge in [0.05, 0.1) is 19.9 Å². The van der Waals surface area contributed by atoms with Gasteiger partial charge in [0.2, 0.25) is 0 Å². The molecule has 2 heterocycles. The molecule has 2 N–H and O–H groups in total. The molecule has 162 valence electrons. The van der Waals surface area contributed by atoms with Crippen LogP contribution in [0.15, 0.2) is 47.8 Å². The first-order chi connectivity index (χ1) is 15.1. The van der Waals surface area contributed by atoms with E-state index in [2.05, 4.69) is 15.2 Å². The van der Waals surface area contributed by atoms with Crippen LogP contribution in [0.2, 0.25) is 0 Å². The van der Waals surface area contributed by atoms with E-state index in [1.54, 1.807) is 36.6 Å². The molecule has 0 aliphatic carbocycles. The van der Waals surface area contributed by atoms with Crippen molar-refractivity contribution in [1.29, 1.82) is 0 Å². The second-order valence-electron chi connectivity index (χ2n) is 7.00. The molecular formula is C22H24N4O4S. The van der Waals surface area contributed by atoms with E-state index in [4.69, 9.17) is 9.47 Å². The summed E-state index contributed by atoms with van der Waals surface area (Å²) in [5.41, 5.74) is 2.01. The quantitative estimate of drug-likeness (QED) is 0.606. The molecule has 2 aromatic carbocycles. The van der Waals surface area contributed by atoms with Gasteiger partial charge in [-0.1, -0.05) is 12.1 Å². The lowest BCUT2D eigenvalue weighted by Gasteiger charge is -2.36. The number of methoxy groups -OCH3 is 2. The van der Waals surface area contributed by atoms with Gasteiger partial charge in [-0.15, -0.1) is 11.3 Å². The van der Waals surface area contributed by atoms with E-state index in [-0.39, 0.29) is 11.7 Å². The van der Waals surface area contributed by atoms with Crippen LogP contribution in [0.4, 0.5) is 16.5 Å². The van der Waals surface area contributed by atoms with Crippen LogP contribution in [0.1, 0.15) is 10.5 Å². The number of para-hydroxylation sites is 2. The number of benzene rings is 2. The first-order valence-electron chi connectivity index (χ1n) is 9.86. The maximum absolute atomic E-state index is 12.9. The van der Waals surface area contributed by atoms with Gasteiger partial charge in [-0.3, -0.25) is 4.79 Å². The van der Waals surface area contributed by atoms with Gasteiger partial charge in [0.15, 0.2) is 16.6 Å². The standard InChI is InChI=1S/C22H24N4O4S/c1-29-19-8-7-15(13-20(19)30-2)23-22-24-16(14-31-22)21(28)26-11-9-25(10-12-26)17-5-3-4-6-18(17)27/h3-8,13-14,27H,9-12H2,1-2H3,(H,23,24). The monoisotopic (exact) mass is 440 g/mol. The molecule has 0 spiro atoms. The molecule has 0 saturated carbocycles. The third-order valence-corrected chi connectivity index (χ3v) is 5.91. The van der Waals surface area contributed by atoms with E-state index >= 15 is 0 Å². The summed E-state index contributed by atoms with van der Waals surface area (Å²) in [7, 11) is 3.17. The Labute approximate surface area is 184 Å². The number of anilines is 3. The van der Waals surface area contributed by atoms with Crippen molar-refractivity contribution < 1.29 is 19.4 Å². The lowest BCUT2D eigenvalue weighted by molar-refractivity contribution is 0.0741. The first-order valence-corrected chi connectivity index (χ1v) is 10.7. The highest BCUT2D eigenvalue weighted by molar-refractivity contribution is 7.14. The summed E-state index contributed by atoms with van der Waals surface area (Å²) in [6.07, 6.45) is 0. The van der Waals surface area contributed by atoms with Gasteiger partial charge in [0.25, 0.3) is 5.91 Å². The van der Waals surface area contributed by atoms with Crippen molar-refractivity contribution in [2.45, 2.75) is 0 Å². The number of hydrogen-bond acceptors (Lipinski definition) is 8. The number of carbonyl (C=O) groups excluding carboxylic acids is 1. The number of aromatic nitrogens is 1. The van der Waals surface area contributed by atoms with Crippen molar-refractivity contribution in [2.24, 2.45) is 0 Å². The van der Waals surface area contributed by atoms with Gasteiger partial charge in [0.1, 0.15) is 11.4 Å². The summed E-state index contributed by atoms with van der Waals surface area (Å²) in [6, 6.07) is 12.8. The Kier molecular flexibility index (Phi) is 6.13. The normalized spacial score (nSPS) is 13.7. The second kappa shape index (κ2) is 9.13. The Morgan fingerprint density at radius 3 is 2.52 bits per heavy atom. The maximum Gasteiger partial charge on any atom is 0.273 e. The van der Waals surface area contributed by atoms with Crippen LogP contribution in [0.25, 0.3) is 0 Å². The lowest BCUT2D eigenvalue weighted by atomic mass is 10.2. The number of rotatable bonds is 6. The number of amides is 1. The molecule has 31 heavy (non-hydrogen) atoms. The van der Waals surface area contributed by atoms with Crippen molar-refractivity contribution >= 4 is 33.8 Å².